The van der Waals surface area contributed by atoms with E-state index in [1.54, 1.807) is 0 Å². The second-order valence-corrected chi connectivity index (χ2v) is 4.94. The minimum Gasteiger partial charge on any atom is -0.298 e. The molecule has 1 unspecified atom stereocenters. The normalized spacial score (nSPS) is 44.1. The lowest BCUT2D eigenvalue weighted by Gasteiger charge is -2.35. The third-order valence-electron chi connectivity index (χ3n) is 3.03. The Morgan fingerprint density at radius 1 is 1.27 bits per heavy atom. The second kappa shape index (κ2) is 2.89. The van der Waals surface area contributed by atoms with Crippen LogP contribution in [0, 0.1) is 11.8 Å². The summed E-state index contributed by atoms with van der Waals surface area (Å²) < 4.78 is 0. The van der Waals surface area contributed by atoms with E-state index in [4.69, 9.17) is 0 Å². The molecule has 2 rings (SSSR count). The van der Waals surface area contributed by atoms with Gasteiger partial charge in [0.15, 0.2) is 0 Å². The lowest BCUT2D eigenvalue weighted by Crippen LogP contribution is -2.36. The molecule has 2 heteroatoms. The summed E-state index contributed by atoms with van der Waals surface area (Å²) in [5.74, 6) is 1.73. The first-order chi connectivity index (χ1) is 5.27. The fourth-order valence-corrected chi connectivity index (χ4v) is 3.33. The summed E-state index contributed by atoms with van der Waals surface area (Å²) in [5.41, 5.74) is 0. The van der Waals surface area contributed by atoms with Crippen LogP contribution in [0.2, 0.25) is 0 Å². The lowest BCUT2D eigenvalue weighted by molar-refractivity contribution is -0.126. The molecule has 2 bridgehead atoms. The van der Waals surface area contributed by atoms with Crippen LogP contribution in [0.1, 0.15) is 32.1 Å². The first kappa shape index (κ1) is 7.78. The maximum Gasteiger partial charge on any atom is 0.149 e. The molecule has 1 nitrogen and oxygen atoms in total. The average Bonchev–Trinajstić information content (AvgIpc) is 2.01. The standard InChI is InChI=1S/C9H13BrO/c10-8-5-6-2-1-3-7(4-6)9(8)11/h6-8H,1-5H2/t6-,7-,8?/m1/s1. The van der Waals surface area contributed by atoms with Crippen molar-refractivity contribution in [1.82, 2.24) is 0 Å². The van der Waals surface area contributed by atoms with Crippen LogP contribution in [0.3, 0.4) is 0 Å². The molecule has 0 amide bonds. The highest BCUT2D eigenvalue weighted by Gasteiger charge is 2.36. The smallest absolute Gasteiger partial charge is 0.149 e. The van der Waals surface area contributed by atoms with Crippen LogP contribution in [-0.4, -0.2) is 10.6 Å². The van der Waals surface area contributed by atoms with E-state index in [0.717, 1.165) is 18.8 Å². The fourth-order valence-electron chi connectivity index (χ4n) is 2.43. The summed E-state index contributed by atoms with van der Waals surface area (Å²) in [4.78, 5) is 11.7. The minimum atomic E-state index is 0.187. The Morgan fingerprint density at radius 2 is 2.09 bits per heavy atom. The largest absolute Gasteiger partial charge is 0.298 e. The first-order valence-electron chi connectivity index (χ1n) is 4.45. The van der Waals surface area contributed by atoms with Gasteiger partial charge in [-0.25, -0.2) is 0 Å². The average molecular weight is 217 g/mol. The third kappa shape index (κ3) is 1.37. The molecule has 0 aromatic heterocycles. The highest BCUT2D eigenvalue weighted by atomic mass is 79.9. The molecule has 0 spiro atoms. The molecule has 0 radical (unpaired) electrons. The van der Waals surface area contributed by atoms with Gasteiger partial charge in [0, 0.05) is 5.92 Å². The molecule has 0 N–H and O–H groups in total. The number of ketones is 1. The summed E-state index contributed by atoms with van der Waals surface area (Å²) >= 11 is 3.46. The number of hydrogen-bond donors (Lipinski definition) is 0. The molecule has 0 aromatic rings. The van der Waals surface area contributed by atoms with E-state index in [1.165, 1.54) is 19.3 Å². The summed E-state index contributed by atoms with van der Waals surface area (Å²) in [6, 6.07) is 0. The van der Waals surface area contributed by atoms with E-state index in [0.29, 0.717) is 11.7 Å². The second-order valence-electron chi connectivity index (χ2n) is 3.84. The quantitative estimate of drug-likeness (QED) is 0.570. The maximum absolute atomic E-state index is 11.5. The molecular formula is C9H13BrO. The number of carbonyl (C=O) groups is 1. The molecule has 3 atom stereocenters. The number of rotatable bonds is 0. The summed E-state index contributed by atoms with van der Waals surface area (Å²) in [5, 5.41) is 0. The van der Waals surface area contributed by atoms with Crippen LogP contribution < -0.4 is 0 Å². The van der Waals surface area contributed by atoms with Crippen LogP contribution in [0.15, 0.2) is 0 Å². The van der Waals surface area contributed by atoms with Crippen LogP contribution in [0.4, 0.5) is 0 Å². The number of hydrogen-bond acceptors (Lipinski definition) is 1. The van der Waals surface area contributed by atoms with Gasteiger partial charge in [0.05, 0.1) is 4.83 Å². The third-order valence-corrected chi connectivity index (χ3v) is 3.86. The predicted octanol–water partition coefficient (Wildman–Crippen LogP) is 2.53. The minimum absolute atomic E-state index is 0.187. The summed E-state index contributed by atoms with van der Waals surface area (Å²) in [7, 11) is 0. The van der Waals surface area contributed by atoms with Gasteiger partial charge >= 0.3 is 0 Å². The van der Waals surface area contributed by atoms with Crippen LogP contribution in [-0.2, 0) is 4.79 Å². The molecule has 0 aromatic carbocycles. The molecule has 62 valence electrons. The van der Waals surface area contributed by atoms with Crippen LogP contribution in [0.5, 0.6) is 0 Å². The van der Waals surface area contributed by atoms with E-state index in [9.17, 15) is 4.79 Å². The van der Waals surface area contributed by atoms with Gasteiger partial charge in [-0.15, -0.1) is 0 Å². The van der Waals surface area contributed by atoms with Crippen molar-refractivity contribution in [2.24, 2.45) is 11.8 Å². The zero-order valence-electron chi connectivity index (χ0n) is 6.55. The topological polar surface area (TPSA) is 17.1 Å². The van der Waals surface area contributed by atoms with Gasteiger partial charge in [0.1, 0.15) is 5.78 Å². The van der Waals surface area contributed by atoms with Crippen molar-refractivity contribution >= 4 is 21.7 Å². The van der Waals surface area contributed by atoms with Gasteiger partial charge in [-0.3, -0.25) is 4.79 Å². The molecule has 0 saturated heterocycles. The Kier molecular flexibility index (Phi) is 2.04. The number of fused-ring (bicyclic) bond motifs is 2. The number of alkyl halides is 1. The van der Waals surface area contributed by atoms with Crippen molar-refractivity contribution in [1.29, 1.82) is 0 Å². The number of halogens is 1. The fraction of sp³-hybridized carbons (Fsp3) is 0.889. The van der Waals surface area contributed by atoms with Gasteiger partial charge < -0.3 is 0 Å². The van der Waals surface area contributed by atoms with Crippen LogP contribution >= 0.6 is 15.9 Å². The molecule has 2 aliphatic carbocycles. The van der Waals surface area contributed by atoms with Crippen molar-refractivity contribution in [3.05, 3.63) is 0 Å². The van der Waals surface area contributed by atoms with Gasteiger partial charge in [-0.2, -0.15) is 0 Å². The van der Waals surface area contributed by atoms with E-state index in [2.05, 4.69) is 15.9 Å². The van der Waals surface area contributed by atoms with Gasteiger partial charge in [0.2, 0.25) is 0 Å². The highest BCUT2D eigenvalue weighted by Crippen LogP contribution is 2.39. The SMILES string of the molecule is O=C1C(Br)C[C@@H]2CCC[C@@H]1C2. The zero-order valence-corrected chi connectivity index (χ0v) is 8.14. The zero-order chi connectivity index (χ0) is 7.84. The van der Waals surface area contributed by atoms with E-state index < -0.39 is 0 Å². The first-order valence-corrected chi connectivity index (χ1v) is 5.36. The number of carbonyl (C=O) groups excluding carboxylic acids is 1. The molecule has 2 aliphatic rings. The van der Waals surface area contributed by atoms with Gasteiger partial charge in [-0.05, 0) is 25.2 Å². The van der Waals surface area contributed by atoms with Crippen molar-refractivity contribution in [3.63, 3.8) is 0 Å². The van der Waals surface area contributed by atoms with Crippen molar-refractivity contribution in [3.8, 4) is 0 Å². The van der Waals surface area contributed by atoms with Gasteiger partial charge in [-0.1, -0.05) is 28.8 Å². The van der Waals surface area contributed by atoms with Crippen molar-refractivity contribution in [2.45, 2.75) is 36.9 Å². The van der Waals surface area contributed by atoms with E-state index in [1.807, 2.05) is 0 Å². The number of Topliss-reactive ketones (excluding diaryl/α,β-unsaturated/α-hetero) is 1. The summed E-state index contributed by atoms with van der Waals surface area (Å²) in [6.07, 6.45) is 6.06. The molecule has 0 heterocycles. The molecular weight excluding hydrogens is 204 g/mol. The Bertz CT molecular complexity index is 176. The van der Waals surface area contributed by atoms with E-state index >= 15 is 0 Å². The van der Waals surface area contributed by atoms with Crippen molar-refractivity contribution < 1.29 is 4.79 Å². The maximum atomic E-state index is 11.5. The molecule has 2 fully saturated rings. The van der Waals surface area contributed by atoms with Gasteiger partial charge in [0.25, 0.3) is 0 Å². The lowest BCUT2D eigenvalue weighted by atomic mass is 9.72. The Morgan fingerprint density at radius 3 is 2.91 bits per heavy atom. The van der Waals surface area contributed by atoms with Crippen molar-refractivity contribution in [2.75, 3.05) is 0 Å². The highest BCUT2D eigenvalue weighted by molar-refractivity contribution is 9.10. The summed E-state index contributed by atoms with van der Waals surface area (Å²) in [6.45, 7) is 0. The molecule has 2 saturated carbocycles. The van der Waals surface area contributed by atoms with Crippen LogP contribution in [0.25, 0.3) is 0 Å². The molecule has 0 aliphatic heterocycles. The Balaban J connectivity index is 2.11. The molecule has 11 heavy (non-hydrogen) atoms. The predicted molar refractivity (Wildman–Crippen MR) is 47.8 cm³/mol. The Hall–Kier alpha value is 0.150. The van der Waals surface area contributed by atoms with E-state index in [-0.39, 0.29) is 4.83 Å². The Labute approximate surface area is 75.7 Å². The monoisotopic (exact) mass is 216 g/mol.